The van der Waals surface area contributed by atoms with Gasteiger partial charge in [-0.15, -0.1) is 0 Å². The molecule has 0 bridgehead atoms. The molecule has 0 aromatic carbocycles. The third-order valence-electron chi connectivity index (χ3n) is 2.14. The number of morpholine rings is 1. The van der Waals surface area contributed by atoms with Crippen molar-refractivity contribution in [2.24, 2.45) is 0 Å². The lowest BCUT2D eigenvalue weighted by Crippen LogP contribution is -2.40. The highest BCUT2D eigenvalue weighted by atomic mass is 16.5. The van der Waals surface area contributed by atoms with Crippen LogP contribution >= 0.6 is 0 Å². The molecule has 0 N–H and O–H groups in total. The lowest BCUT2D eigenvalue weighted by Gasteiger charge is -2.25. The smallest absolute Gasteiger partial charge is 0.292 e. The summed E-state index contributed by atoms with van der Waals surface area (Å²) in [5.41, 5.74) is 0.724. The van der Waals surface area contributed by atoms with E-state index in [1.165, 1.54) is 0 Å². The molecule has 1 fully saturated rings. The number of aryl methyl sites for hydroxylation is 1. The Morgan fingerprint density at radius 2 is 2.21 bits per heavy atom. The Bertz CT molecular complexity index is 329. The number of ether oxygens (including phenoxy) is 1. The Morgan fingerprint density at radius 3 is 2.79 bits per heavy atom. The summed E-state index contributed by atoms with van der Waals surface area (Å²) < 4.78 is 10.0. The predicted octanol–water partition coefficient (Wildman–Crippen LogP) is 0.455. The molecule has 1 aliphatic heterocycles. The number of hydrogen-bond donors (Lipinski definition) is 0. The molecule has 2 heterocycles. The average molecular weight is 196 g/mol. The molecule has 14 heavy (non-hydrogen) atoms. The van der Waals surface area contributed by atoms with E-state index in [9.17, 15) is 4.79 Å². The molecule has 0 atom stereocenters. The van der Waals surface area contributed by atoms with Gasteiger partial charge >= 0.3 is 0 Å². The second-order valence-electron chi connectivity index (χ2n) is 3.24. The van der Waals surface area contributed by atoms with Crippen LogP contribution in [-0.4, -0.2) is 42.3 Å². The minimum atomic E-state index is -0.103. The second-order valence-corrected chi connectivity index (χ2v) is 3.24. The maximum atomic E-state index is 11.7. The fraction of sp³-hybridized carbons (Fsp3) is 0.556. The average Bonchev–Trinajstić information content (AvgIpc) is 2.65. The first-order chi connectivity index (χ1) is 6.77. The first-order valence-corrected chi connectivity index (χ1v) is 4.58. The van der Waals surface area contributed by atoms with Gasteiger partial charge in [0.05, 0.1) is 18.9 Å². The highest BCUT2D eigenvalue weighted by molar-refractivity contribution is 5.91. The highest BCUT2D eigenvalue weighted by Crippen LogP contribution is 2.08. The van der Waals surface area contributed by atoms with E-state index in [1.807, 2.05) is 0 Å². The number of hydrogen-bond acceptors (Lipinski definition) is 4. The van der Waals surface area contributed by atoms with Crippen LogP contribution in [0.25, 0.3) is 0 Å². The van der Waals surface area contributed by atoms with Gasteiger partial charge in [0, 0.05) is 19.2 Å². The third-order valence-corrected chi connectivity index (χ3v) is 2.14. The zero-order valence-corrected chi connectivity index (χ0v) is 8.02. The molecule has 1 aromatic rings. The molecule has 0 saturated carbocycles. The molecule has 5 nitrogen and oxygen atoms in total. The number of aromatic nitrogens is 1. The molecule has 1 amide bonds. The van der Waals surface area contributed by atoms with Crippen molar-refractivity contribution < 1.29 is 14.1 Å². The van der Waals surface area contributed by atoms with Gasteiger partial charge in [-0.25, -0.2) is 0 Å². The van der Waals surface area contributed by atoms with Crippen LogP contribution in [0.15, 0.2) is 10.6 Å². The van der Waals surface area contributed by atoms with Crippen molar-refractivity contribution in [2.75, 3.05) is 26.3 Å². The summed E-state index contributed by atoms with van der Waals surface area (Å²) in [6.45, 7) is 4.23. The lowest BCUT2D eigenvalue weighted by molar-refractivity contribution is 0.0277. The van der Waals surface area contributed by atoms with Gasteiger partial charge < -0.3 is 14.2 Å². The zero-order valence-electron chi connectivity index (χ0n) is 8.02. The fourth-order valence-electron chi connectivity index (χ4n) is 1.39. The van der Waals surface area contributed by atoms with E-state index in [2.05, 4.69) is 5.16 Å². The molecule has 0 aliphatic carbocycles. The van der Waals surface area contributed by atoms with E-state index in [4.69, 9.17) is 9.26 Å². The van der Waals surface area contributed by atoms with Crippen LogP contribution in [0.1, 0.15) is 16.2 Å². The molecule has 1 saturated heterocycles. The van der Waals surface area contributed by atoms with Crippen molar-refractivity contribution in [1.29, 1.82) is 0 Å². The van der Waals surface area contributed by atoms with Crippen molar-refractivity contribution in [1.82, 2.24) is 10.1 Å². The molecule has 2 rings (SSSR count). The molecule has 0 spiro atoms. The van der Waals surface area contributed by atoms with Gasteiger partial charge in [-0.3, -0.25) is 4.79 Å². The summed E-state index contributed by atoms with van der Waals surface area (Å²) in [4.78, 5) is 13.5. The van der Waals surface area contributed by atoms with E-state index in [0.717, 1.165) is 5.69 Å². The summed E-state index contributed by atoms with van der Waals surface area (Å²) in [6, 6.07) is 1.65. The largest absolute Gasteiger partial charge is 0.378 e. The number of carbonyl (C=O) groups excluding carboxylic acids is 1. The fourth-order valence-corrected chi connectivity index (χ4v) is 1.39. The Labute approximate surface area is 81.6 Å². The SMILES string of the molecule is Cc1cc(C(=O)N2CCOCC2)on1. The Balaban J connectivity index is 2.07. The Kier molecular flexibility index (Phi) is 2.49. The summed E-state index contributed by atoms with van der Waals surface area (Å²) in [5, 5.41) is 3.68. The van der Waals surface area contributed by atoms with E-state index in [-0.39, 0.29) is 5.91 Å². The summed E-state index contributed by atoms with van der Waals surface area (Å²) in [7, 11) is 0. The molecule has 0 radical (unpaired) electrons. The van der Waals surface area contributed by atoms with Gasteiger partial charge in [-0.1, -0.05) is 5.16 Å². The van der Waals surface area contributed by atoms with Gasteiger partial charge in [0.1, 0.15) is 0 Å². The quantitative estimate of drug-likeness (QED) is 0.654. The summed E-state index contributed by atoms with van der Waals surface area (Å²) in [5.74, 6) is 0.207. The van der Waals surface area contributed by atoms with Crippen molar-refractivity contribution in [3.8, 4) is 0 Å². The molecular weight excluding hydrogens is 184 g/mol. The Hall–Kier alpha value is -1.36. The van der Waals surface area contributed by atoms with Crippen molar-refractivity contribution in [3.05, 3.63) is 17.5 Å². The van der Waals surface area contributed by atoms with Crippen LogP contribution in [0, 0.1) is 6.92 Å². The zero-order chi connectivity index (χ0) is 9.97. The van der Waals surface area contributed by atoms with Crippen LogP contribution < -0.4 is 0 Å². The normalized spacial score (nSPS) is 17.1. The number of carbonyl (C=O) groups is 1. The molecule has 76 valence electrons. The van der Waals surface area contributed by atoms with E-state index in [0.29, 0.717) is 32.1 Å². The van der Waals surface area contributed by atoms with Gasteiger partial charge in [-0.2, -0.15) is 0 Å². The molecule has 0 unspecified atom stereocenters. The van der Waals surface area contributed by atoms with Crippen LogP contribution in [-0.2, 0) is 4.74 Å². The summed E-state index contributed by atoms with van der Waals surface area (Å²) >= 11 is 0. The lowest BCUT2D eigenvalue weighted by atomic mass is 10.3. The summed E-state index contributed by atoms with van der Waals surface area (Å²) in [6.07, 6.45) is 0. The number of nitrogens with zero attached hydrogens (tertiary/aromatic N) is 2. The molecular formula is C9H12N2O3. The maximum absolute atomic E-state index is 11.7. The van der Waals surface area contributed by atoms with Gasteiger partial charge in [0.2, 0.25) is 5.76 Å². The van der Waals surface area contributed by atoms with Crippen LogP contribution in [0.5, 0.6) is 0 Å². The molecule has 5 heteroatoms. The standard InChI is InChI=1S/C9H12N2O3/c1-7-6-8(14-10-7)9(12)11-2-4-13-5-3-11/h6H,2-5H2,1H3. The van der Waals surface area contributed by atoms with Gasteiger partial charge in [-0.05, 0) is 6.92 Å². The highest BCUT2D eigenvalue weighted by Gasteiger charge is 2.21. The van der Waals surface area contributed by atoms with Crippen molar-refractivity contribution >= 4 is 5.91 Å². The first-order valence-electron chi connectivity index (χ1n) is 4.58. The van der Waals surface area contributed by atoms with Crippen molar-refractivity contribution in [3.63, 3.8) is 0 Å². The van der Waals surface area contributed by atoms with E-state index >= 15 is 0 Å². The second kappa shape index (κ2) is 3.79. The van der Waals surface area contributed by atoms with Gasteiger partial charge in [0.25, 0.3) is 5.91 Å². The monoisotopic (exact) mass is 196 g/mol. The minimum absolute atomic E-state index is 0.103. The topological polar surface area (TPSA) is 55.6 Å². The molecule has 1 aliphatic rings. The third kappa shape index (κ3) is 1.77. The van der Waals surface area contributed by atoms with E-state index in [1.54, 1.807) is 17.9 Å². The van der Waals surface area contributed by atoms with E-state index < -0.39 is 0 Å². The molecule has 1 aromatic heterocycles. The van der Waals surface area contributed by atoms with Gasteiger partial charge in [0.15, 0.2) is 0 Å². The number of rotatable bonds is 1. The predicted molar refractivity (Wildman–Crippen MR) is 48.0 cm³/mol. The maximum Gasteiger partial charge on any atom is 0.292 e. The van der Waals surface area contributed by atoms with Crippen LogP contribution in [0.2, 0.25) is 0 Å². The first kappa shape index (κ1) is 9.21. The number of amides is 1. The van der Waals surface area contributed by atoms with Crippen molar-refractivity contribution in [2.45, 2.75) is 6.92 Å². The van der Waals surface area contributed by atoms with Crippen LogP contribution in [0.3, 0.4) is 0 Å². The Morgan fingerprint density at radius 1 is 1.50 bits per heavy atom. The van der Waals surface area contributed by atoms with Crippen LogP contribution in [0.4, 0.5) is 0 Å². The minimum Gasteiger partial charge on any atom is -0.378 e.